The van der Waals surface area contributed by atoms with E-state index < -0.39 is 0 Å². The van der Waals surface area contributed by atoms with Crippen LogP contribution in [-0.2, 0) is 6.54 Å². The maximum absolute atomic E-state index is 3.52. The molecule has 0 amide bonds. The zero-order chi connectivity index (χ0) is 12.9. The van der Waals surface area contributed by atoms with E-state index in [-0.39, 0.29) is 0 Å². The van der Waals surface area contributed by atoms with Crippen LogP contribution in [0.3, 0.4) is 0 Å². The Morgan fingerprint density at radius 1 is 1.35 bits per heavy atom. The Labute approximate surface area is 106 Å². The number of hydrogen-bond acceptors (Lipinski definition) is 1. The molecular formula is C15H28N2. The summed E-state index contributed by atoms with van der Waals surface area (Å²) in [6, 6.07) is 2.70. The first-order chi connectivity index (χ1) is 7.92. The van der Waals surface area contributed by atoms with E-state index in [9.17, 15) is 0 Å². The van der Waals surface area contributed by atoms with Crippen LogP contribution in [-0.4, -0.2) is 11.1 Å². The van der Waals surface area contributed by atoms with Crippen molar-refractivity contribution in [2.45, 2.75) is 60.0 Å². The molecule has 0 fully saturated rings. The molecule has 17 heavy (non-hydrogen) atoms. The molecule has 0 bridgehead atoms. The minimum absolute atomic E-state index is 0.413. The molecule has 0 aromatic carbocycles. The highest BCUT2D eigenvalue weighted by atomic mass is 15.0. The molecule has 1 heterocycles. The van der Waals surface area contributed by atoms with Crippen molar-refractivity contribution in [1.29, 1.82) is 0 Å². The summed E-state index contributed by atoms with van der Waals surface area (Å²) in [5.74, 6) is 0. The predicted molar refractivity (Wildman–Crippen MR) is 75.2 cm³/mol. The van der Waals surface area contributed by atoms with Gasteiger partial charge in [0.15, 0.2) is 0 Å². The van der Waals surface area contributed by atoms with Crippen LogP contribution in [0.1, 0.15) is 59.1 Å². The van der Waals surface area contributed by atoms with Crippen LogP contribution in [0.2, 0.25) is 0 Å². The number of aromatic nitrogens is 1. The van der Waals surface area contributed by atoms with Gasteiger partial charge in [-0.3, -0.25) is 0 Å². The Morgan fingerprint density at radius 2 is 2.06 bits per heavy atom. The van der Waals surface area contributed by atoms with Gasteiger partial charge < -0.3 is 9.88 Å². The van der Waals surface area contributed by atoms with Crippen LogP contribution in [0.4, 0.5) is 0 Å². The standard InChI is InChI=1S/C15H28N2/c1-6-9-16-13(2)14-7-10-17(12-14)11-8-15(3,4)5/h7,10,12-13,16H,6,8-9,11H2,1-5H3. The molecule has 1 atom stereocenters. The van der Waals surface area contributed by atoms with Crippen LogP contribution in [0.15, 0.2) is 18.5 Å². The molecular weight excluding hydrogens is 208 g/mol. The third kappa shape index (κ3) is 5.40. The second-order valence-electron chi connectivity index (χ2n) is 6.17. The molecule has 1 aromatic heterocycles. The summed E-state index contributed by atoms with van der Waals surface area (Å²) in [5, 5.41) is 3.52. The number of rotatable bonds is 6. The van der Waals surface area contributed by atoms with Gasteiger partial charge in [0.05, 0.1) is 0 Å². The predicted octanol–water partition coefficient (Wildman–Crippen LogP) is 3.98. The maximum atomic E-state index is 3.52. The van der Waals surface area contributed by atoms with Crippen LogP contribution in [0, 0.1) is 5.41 Å². The quantitative estimate of drug-likeness (QED) is 0.790. The van der Waals surface area contributed by atoms with Crippen LogP contribution in [0.5, 0.6) is 0 Å². The smallest absolute Gasteiger partial charge is 0.0306 e. The molecule has 0 radical (unpaired) electrons. The normalized spacial score (nSPS) is 13.9. The highest BCUT2D eigenvalue weighted by Crippen LogP contribution is 2.20. The first-order valence-electron chi connectivity index (χ1n) is 6.81. The molecule has 0 aliphatic heterocycles. The Hall–Kier alpha value is -0.760. The zero-order valence-electron chi connectivity index (χ0n) is 12.1. The second-order valence-corrected chi connectivity index (χ2v) is 6.17. The van der Waals surface area contributed by atoms with E-state index in [0.29, 0.717) is 11.5 Å². The SMILES string of the molecule is CCCNC(C)c1ccn(CCC(C)(C)C)c1. The van der Waals surface area contributed by atoms with Crippen molar-refractivity contribution in [3.8, 4) is 0 Å². The molecule has 1 unspecified atom stereocenters. The molecule has 0 saturated carbocycles. The lowest BCUT2D eigenvalue weighted by Gasteiger charge is -2.18. The first-order valence-corrected chi connectivity index (χ1v) is 6.81. The van der Waals surface area contributed by atoms with Gasteiger partial charge in [-0.05, 0) is 43.4 Å². The fourth-order valence-corrected chi connectivity index (χ4v) is 1.80. The van der Waals surface area contributed by atoms with Crippen LogP contribution >= 0.6 is 0 Å². The summed E-state index contributed by atoms with van der Waals surface area (Å²) in [7, 11) is 0. The molecule has 0 saturated heterocycles. The van der Waals surface area contributed by atoms with Gasteiger partial charge >= 0.3 is 0 Å². The minimum atomic E-state index is 0.413. The number of hydrogen-bond donors (Lipinski definition) is 1. The molecule has 1 aromatic rings. The Morgan fingerprint density at radius 3 is 2.65 bits per heavy atom. The largest absolute Gasteiger partial charge is 0.354 e. The van der Waals surface area contributed by atoms with E-state index in [2.05, 4.69) is 63.0 Å². The molecule has 0 spiro atoms. The van der Waals surface area contributed by atoms with Crippen LogP contribution < -0.4 is 5.32 Å². The number of nitrogens with one attached hydrogen (secondary N) is 1. The van der Waals surface area contributed by atoms with Gasteiger partial charge in [0.1, 0.15) is 0 Å². The van der Waals surface area contributed by atoms with Crippen LogP contribution in [0.25, 0.3) is 0 Å². The van der Waals surface area contributed by atoms with Gasteiger partial charge in [-0.1, -0.05) is 27.7 Å². The second kappa shape index (κ2) is 6.25. The fourth-order valence-electron chi connectivity index (χ4n) is 1.80. The molecule has 2 nitrogen and oxygen atoms in total. The van der Waals surface area contributed by atoms with Gasteiger partial charge in [-0.2, -0.15) is 0 Å². The molecule has 98 valence electrons. The van der Waals surface area contributed by atoms with Crippen molar-refractivity contribution in [2.75, 3.05) is 6.54 Å². The van der Waals surface area contributed by atoms with Gasteiger partial charge in [-0.15, -0.1) is 0 Å². The molecule has 2 heteroatoms. The van der Waals surface area contributed by atoms with Gasteiger partial charge in [0.25, 0.3) is 0 Å². The van der Waals surface area contributed by atoms with E-state index >= 15 is 0 Å². The molecule has 1 N–H and O–H groups in total. The third-order valence-electron chi connectivity index (χ3n) is 3.09. The van der Waals surface area contributed by atoms with Crippen molar-refractivity contribution in [3.63, 3.8) is 0 Å². The van der Waals surface area contributed by atoms with Gasteiger partial charge in [-0.25, -0.2) is 0 Å². The van der Waals surface area contributed by atoms with Crippen molar-refractivity contribution < 1.29 is 0 Å². The summed E-state index contributed by atoms with van der Waals surface area (Å²) >= 11 is 0. The van der Waals surface area contributed by atoms with Gasteiger partial charge in [0, 0.05) is 25.0 Å². The molecule has 0 aliphatic rings. The Kier molecular flexibility index (Phi) is 5.26. The van der Waals surface area contributed by atoms with Crippen molar-refractivity contribution in [2.24, 2.45) is 5.41 Å². The zero-order valence-corrected chi connectivity index (χ0v) is 12.1. The van der Waals surface area contributed by atoms with Gasteiger partial charge in [0.2, 0.25) is 0 Å². The summed E-state index contributed by atoms with van der Waals surface area (Å²) in [5.41, 5.74) is 1.81. The lowest BCUT2D eigenvalue weighted by molar-refractivity contribution is 0.350. The summed E-state index contributed by atoms with van der Waals surface area (Å²) in [6.07, 6.45) is 6.89. The maximum Gasteiger partial charge on any atom is 0.0306 e. The van der Waals surface area contributed by atoms with E-state index in [1.165, 1.54) is 18.4 Å². The summed E-state index contributed by atoms with van der Waals surface area (Å²) in [4.78, 5) is 0. The van der Waals surface area contributed by atoms with E-state index in [0.717, 1.165) is 13.1 Å². The summed E-state index contributed by atoms with van der Waals surface area (Å²) in [6.45, 7) is 13.5. The Bertz CT molecular complexity index is 320. The first kappa shape index (κ1) is 14.3. The number of aryl methyl sites for hydroxylation is 1. The van der Waals surface area contributed by atoms with E-state index in [1.54, 1.807) is 0 Å². The molecule has 1 rings (SSSR count). The molecule has 0 aliphatic carbocycles. The van der Waals surface area contributed by atoms with E-state index in [1.807, 2.05) is 0 Å². The fraction of sp³-hybridized carbons (Fsp3) is 0.733. The highest BCUT2D eigenvalue weighted by Gasteiger charge is 2.11. The Balaban J connectivity index is 2.47. The lowest BCUT2D eigenvalue weighted by Crippen LogP contribution is -2.18. The van der Waals surface area contributed by atoms with Crippen molar-refractivity contribution >= 4 is 0 Å². The monoisotopic (exact) mass is 236 g/mol. The third-order valence-corrected chi connectivity index (χ3v) is 3.09. The van der Waals surface area contributed by atoms with E-state index in [4.69, 9.17) is 0 Å². The summed E-state index contributed by atoms with van der Waals surface area (Å²) < 4.78 is 2.31. The average molecular weight is 236 g/mol. The minimum Gasteiger partial charge on any atom is -0.354 e. The topological polar surface area (TPSA) is 17.0 Å². The highest BCUT2D eigenvalue weighted by molar-refractivity contribution is 5.14. The number of nitrogens with zero attached hydrogens (tertiary/aromatic N) is 1. The van der Waals surface area contributed by atoms with Crippen molar-refractivity contribution in [1.82, 2.24) is 9.88 Å². The van der Waals surface area contributed by atoms with Crippen molar-refractivity contribution in [3.05, 3.63) is 24.0 Å². The average Bonchev–Trinajstić information content (AvgIpc) is 2.70. The lowest BCUT2D eigenvalue weighted by atomic mass is 9.92.